The lowest BCUT2D eigenvalue weighted by Crippen LogP contribution is -2.39. The fourth-order valence-corrected chi connectivity index (χ4v) is 1.78. The van der Waals surface area contributed by atoms with Gasteiger partial charge in [-0.25, -0.2) is 0 Å². The van der Waals surface area contributed by atoms with Crippen LogP contribution >= 0.6 is 0 Å². The van der Waals surface area contributed by atoms with Gasteiger partial charge in [-0.2, -0.15) is 4.74 Å². The van der Waals surface area contributed by atoms with Gasteiger partial charge in [0.05, 0.1) is 0 Å². The van der Waals surface area contributed by atoms with Gasteiger partial charge in [-0.05, 0) is 13.8 Å². The summed E-state index contributed by atoms with van der Waals surface area (Å²) in [7, 11) is 0. The number of hydrogen-bond acceptors (Lipinski definition) is 3. The molecule has 1 unspecified atom stereocenters. The van der Waals surface area contributed by atoms with E-state index in [1.54, 1.807) is 13.8 Å². The summed E-state index contributed by atoms with van der Waals surface area (Å²) in [5.74, 6) is 0. The summed E-state index contributed by atoms with van der Waals surface area (Å²) in [6, 6.07) is 9.23. The minimum atomic E-state index is -0.638. The Hall–Kier alpha value is -1.39. The molecular weight excluding hydrogens is 192 g/mol. The van der Waals surface area contributed by atoms with E-state index in [1.807, 2.05) is 30.3 Å². The van der Waals surface area contributed by atoms with Crippen molar-refractivity contribution in [2.45, 2.75) is 25.6 Å². The largest absolute Gasteiger partial charge is 0.622 e. The summed E-state index contributed by atoms with van der Waals surface area (Å²) < 4.78 is 0.787. The van der Waals surface area contributed by atoms with Gasteiger partial charge in [-0.3, -0.25) is 0 Å². The van der Waals surface area contributed by atoms with E-state index in [9.17, 15) is 10.4 Å². The highest BCUT2D eigenvalue weighted by atomic mass is 16.5. The fourth-order valence-electron chi connectivity index (χ4n) is 1.78. The highest BCUT2D eigenvalue weighted by Crippen LogP contribution is 2.30. The molecule has 0 amide bonds. The van der Waals surface area contributed by atoms with Crippen LogP contribution in [0.4, 0.5) is 0 Å². The molecule has 0 aliphatic carbocycles. The van der Waals surface area contributed by atoms with Gasteiger partial charge in [0.25, 0.3) is 6.17 Å². The number of benzene rings is 1. The zero-order valence-corrected chi connectivity index (χ0v) is 8.79. The third-order valence-corrected chi connectivity index (χ3v) is 2.60. The lowest BCUT2D eigenvalue weighted by Gasteiger charge is -2.24. The molecule has 0 aromatic heterocycles. The second-order valence-electron chi connectivity index (χ2n) is 4.27. The number of nitrogens with zero attached hydrogens (tertiary/aromatic N) is 2. The van der Waals surface area contributed by atoms with Gasteiger partial charge in [-0.15, -0.1) is 5.06 Å². The van der Waals surface area contributed by atoms with E-state index in [4.69, 9.17) is 0 Å². The minimum Gasteiger partial charge on any atom is -0.622 e. The molecule has 0 saturated heterocycles. The van der Waals surface area contributed by atoms with Gasteiger partial charge in [-0.1, -0.05) is 30.3 Å². The molecule has 1 aromatic rings. The maximum atomic E-state index is 11.7. The lowest BCUT2D eigenvalue weighted by molar-refractivity contribution is -0.542. The van der Waals surface area contributed by atoms with Crippen LogP contribution < -0.4 is 0 Å². The highest BCUT2D eigenvalue weighted by molar-refractivity contribution is 5.65. The van der Waals surface area contributed by atoms with Crippen molar-refractivity contribution in [2.75, 3.05) is 0 Å². The van der Waals surface area contributed by atoms with Crippen LogP contribution in [0.15, 0.2) is 30.3 Å². The molecule has 0 spiro atoms. The van der Waals surface area contributed by atoms with Crippen molar-refractivity contribution in [3.8, 4) is 0 Å². The highest BCUT2D eigenvalue weighted by Gasteiger charge is 2.44. The molecule has 1 atom stereocenters. The third kappa shape index (κ3) is 1.62. The van der Waals surface area contributed by atoms with Crippen LogP contribution in [-0.4, -0.2) is 26.8 Å². The zero-order valence-electron chi connectivity index (χ0n) is 8.79. The zero-order chi connectivity index (χ0) is 11.1. The van der Waals surface area contributed by atoms with E-state index in [2.05, 4.69) is 0 Å². The normalized spacial score (nSPS) is 25.3. The first-order valence-electron chi connectivity index (χ1n) is 4.87. The molecule has 4 nitrogen and oxygen atoms in total. The second-order valence-corrected chi connectivity index (χ2v) is 4.27. The van der Waals surface area contributed by atoms with Crippen LogP contribution in [0.5, 0.6) is 0 Å². The molecule has 4 heteroatoms. The van der Waals surface area contributed by atoms with E-state index in [0.717, 1.165) is 15.4 Å². The summed E-state index contributed by atoms with van der Waals surface area (Å²) in [5, 5.41) is 22.6. The smallest absolute Gasteiger partial charge is 0.267 e. The van der Waals surface area contributed by atoms with Crippen LogP contribution in [0, 0.1) is 5.21 Å². The topological polar surface area (TPSA) is 49.5 Å². The summed E-state index contributed by atoms with van der Waals surface area (Å²) in [6.45, 7) is 3.58. The Balaban J connectivity index is 2.37. The van der Waals surface area contributed by atoms with Crippen molar-refractivity contribution in [1.82, 2.24) is 5.06 Å². The Kier molecular flexibility index (Phi) is 2.25. The van der Waals surface area contributed by atoms with Crippen LogP contribution in [0.2, 0.25) is 0 Å². The maximum absolute atomic E-state index is 11.7. The van der Waals surface area contributed by atoms with Crippen molar-refractivity contribution in [1.29, 1.82) is 0 Å². The summed E-state index contributed by atoms with van der Waals surface area (Å²) in [6.07, 6.45) is 0.839. The molecule has 1 aromatic carbocycles. The fraction of sp³-hybridized carbons (Fsp3) is 0.364. The van der Waals surface area contributed by atoms with Crippen molar-refractivity contribution >= 4 is 6.21 Å². The number of hydrogen-bond donors (Lipinski definition) is 1. The van der Waals surface area contributed by atoms with Gasteiger partial charge in [0.2, 0.25) is 0 Å². The van der Waals surface area contributed by atoms with E-state index < -0.39 is 11.7 Å². The molecule has 15 heavy (non-hydrogen) atoms. The summed E-state index contributed by atoms with van der Waals surface area (Å²) >= 11 is 0. The molecule has 0 fully saturated rings. The third-order valence-electron chi connectivity index (χ3n) is 2.60. The van der Waals surface area contributed by atoms with Crippen molar-refractivity contribution in [3.63, 3.8) is 0 Å². The van der Waals surface area contributed by atoms with E-state index in [-0.39, 0.29) is 0 Å². The maximum Gasteiger partial charge on any atom is 0.267 e. The molecule has 80 valence electrons. The van der Waals surface area contributed by atoms with Crippen LogP contribution in [-0.2, 0) is 0 Å². The molecule has 0 bridgehead atoms. The van der Waals surface area contributed by atoms with Gasteiger partial charge >= 0.3 is 0 Å². The van der Waals surface area contributed by atoms with Crippen LogP contribution in [0.1, 0.15) is 25.6 Å². The first-order valence-corrected chi connectivity index (χ1v) is 4.87. The first kappa shape index (κ1) is 10.1. The Morgan fingerprint density at radius 2 is 1.93 bits per heavy atom. The van der Waals surface area contributed by atoms with Crippen LogP contribution in [0.25, 0.3) is 0 Å². The Morgan fingerprint density at radius 3 is 2.40 bits per heavy atom. The molecule has 0 radical (unpaired) electrons. The number of rotatable bonds is 1. The van der Waals surface area contributed by atoms with Gasteiger partial charge in [0.15, 0.2) is 6.21 Å². The molecular formula is C11H14N2O2. The molecule has 1 N–H and O–H groups in total. The predicted molar refractivity (Wildman–Crippen MR) is 56.6 cm³/mol. The van der Waals surface area contributed by atoms with E-state index in [0.29, 0.717) is 0 Å². The van der Waals surface area contributed by atoms with Crippen molar-refractivity contribution in [3.05, 3.63) is 41.1 Å². The molecule has 1 heterocycles. The van der Waals surface area contributed by atoms with Crippen LogP contribution in [0.3, 0.4) is 0 Å². The minimum absolute atomic E-state index is 0.623. The lowest BCUT2D eigenvalue weighted by atomic mass is 10.1. The molecule has 1 aliphatic heterocycles. The number of hydroxylamine groups is 3. The summed E-state index contributed by atoms with van der Waals surface area (Å²) in [4.78, 5) is 0. The van der Waals surface area contributed by atoms with Gasteiger partial charge in [0, 0.05) is 5.56 Å². The summed E-state index contributed by atoms with van der Waals surface area (Å²) in [5.41, 5.74) is 0.166. The standard InChI is InChI=1S/C11H14N2O2/c1-11(2)8-12(14)10(13(11)15)9-6-4-3-5-7-9/h3-8,10,15H,1-2H3. The van der Waals surface area contributed by atoms with Crippen molar-refractivity contribution in [2.24, 2.45) is 0 Å². The SMILES string of the molecule is CC1(C)C=[N+]([O-])C(c2ccccc2)N1O. The van der Waals surface area contributed by atoms with Gasteiger partial charge in [0.1, 0.15) is 5.54 Å². The van der Waals surface area contributed by atoms with Crippen molar-refractivity contribution < 1.29 is 9.95 Å². The Bertz CT molecular complexity index is 387. The monoisotopic (exact) mass is 206 g/mol. The Morgan fingerprint density at radius 1 is 1.33 bits per heavy atom. The molecule has 2 rings (SSSR count). The second kappa shape index (κ2) is 3.32. The first-order chi connectivity index (χ1) is 7.02. The van der Waals surface area contributed by atoms with E-state index >= 15 is 0 Å². The predicted octanol–water partition coefficient (Wildman–Crippen LogP) is 1.75. The van der Waals surface area contributed by atoms with E-state index in [1.165, 1.54) is 6.21 Å². The molecule has 1 aliphatic rings. The molecule has 0 saturated carbocycles. The average Bonchev–Trinajstić information content (AvgIpc) is 2.38. The van der Waals surface area contributed by atoms with Gasteiger partial charge < -0.3 is 10.4 Å². The quantitative estimate of drug-likeness (QED) is 0.562. The Labute approximate surface area is 88.6 Å². The average molecular weight is 206 g/mol.